The van der Waals surface area contributed by atoms with Crippen molar-refractivity contribution in [3.8, 4) is 0 Å². The van der Waals surface area contributed by atoms with Gasteiger partial charge in [0.1, 0.15) is 11.0 Å². The van der Waals surface area contributed by atoms with Gasteiger partial charge in [0.05, 0.1) is 11.8 Å². The first-order chi connectivity index (χ1) is 10.2. The molecule has 0 N–H and O–H groups in total. The minimum atomic E-state index is -0.564. The van der Waals surface area contributed by atoms with E-state index in [1.807, 2.05) is 24.3 Å². The molecule has 3 nitrogen and oxygen atoms in total. The highest BCUT2D eigenvalue weighted by Gasteiger charge is 2.24. The zero-order chi connectivity index (χ0) is 14.8. The van der Waals surface area contributed by atoms with E-state index in [2.05, 4.69) is 4.98 Å². The van der Waals surface area contributed by atoms with Crippen LogP contribution in [0.4, 0.5) is 10.1 Å². The number of amides is 1. The number of para-hydroxylation sites is 1. The van der Waals surface area contributed by atoms with Gasteiger partial charge in [0, 0.05) is 12.2 Å². The number of anilines is 1. The summed E-state index contributed by atoms with van der Waals surface area (Å²) in [6.45, 7) is 0.600. The van der Waals surface area contributed by atoms with Crippen LogP contribution >= 0.6 is 11.6 Å². The molecule has 1 aromatic carbocycles. The fourth-order valence-corrected chi connectivity index (χ4v) is 2.80. The molecule has 0 bridgehead atoms. The van der Waals surface area contributed by atoms with Crippen molar-refractivity contribution in [2.45, 2.75) is 19.3 Å². The summed E-state index contributed by atoms with van der Waals surface area (Å²) in [7, 11) is 0. The third-order valence-electron chi connectivity index (χ3n) is 3.64. The van der Waals surface area contributed by atoms with Crippen LogP contribution in [0.2, 0.25) is 5.15 Å². The lowest BCUT2D eigenvalue weighted by Crippen LogP contribution is -2.32. The molecule has 0 aliphatic carbocycles. The van der Waals surface area contributed by atoms with Gasteiger partial charge in [0.2, 0.25) is 0 Å². The molecular weight excluding hydrogens is 291 g/mol. The minimum Gasteiger partial charge on any atom is -0.308 e. The molecule has 0 saturated heterocycles. The zero-order valence-electron chi connectivity index (χ0n) is 11.4. The van der Waals surface area contributed by atoms with Crippen molar-refractivity contribution >= 4 is 23.2 Å². The van der Waals surface area contributed by atoms with Crippen LogP contribution in [0.1, 0.15) is 28.8 Å². The molecule has 2 heterocycles. The Hall–Kier alpha value is -1.94. The predicted molar refractivity (Wildman–Crippen MR) is 80.3 cm³/mol. The quantitative estimate of drug-likeness (QED) is 0.750. The third-order valence-corrected chi connectivity index (χ3v) is 3.94. The number of aromatic nitrogens is 1. The highest BCUT2D eigenvalue weighted by Crippen LogP contribution is 2.28. The van der Waals surface area contributed by atoms with E-state index in [1.165, 1.54) is 0 Å². The number of carbonyl (C=O) groups excluding carboxylic acids is 1. The summed E-state index contributed by atoms with van der Waals surface area (Å²) in [5.74, 6) is -0.868. The molecule has 1 aromatic heterocycles. The van der Waals surface area contributed by atoms with Gasteiger partial charge in [-0.25, -0.2) is 9.37 Å². The van der Waals surface area contributed by atoms with Crippen LogP contribution < -0.4 is 4.90 Å². The monoisotopic (exact) mass is 304 g/mol. The van der Waals surface area contributed by atoms with Crippen LogP contribution in [0, 0.1) is 5.82 Å². The Morgan fingerprint density at radius 2 is 2.10 bits per heavy atom. The first-order valence-electron chi connectivity index (χ1n) is 6.87. The lowest BCUT2D eigenvalue weighted by atomic mass is 10.1. The molecule has 1 amide bonds. The topological polar surface area (TPSA) is 33.2 Å². The number of pyridine rings is 1. The number of hydrogen-bond acceptors (Lipinski definition) is 2. The molecule has 3 rings (SSSR count). The van der Waals surface area contributed by atoms with Crippen LogP contribution in [0.3, 0.4) is 0 Å². The molecule has 0 radical (unpaired) electrons. The van der Waals surface area contributed by atoms with E-state index >= 15 is 0 Å². The van der Waals surface area contributed by atoms with Crippen LogP contribution in [0.5, 0.6) is 0 Å². The second-order valence-corrected chi connectivity index (χ2v) is 5.39. The summed E-state index contributed by atoms with van der Waals surface area (Å²) in [6.07, 6.45) is 3.88. The van der Waals surface area contributed by atoms with E-state index < -0.39 is 5.82 Å². The Kier molecular flexibility index (Phi) is 3.88. The molecule has 21 heavy (non-hydrogen) atoms. The van der Waals surface area contributed by atoms with Gasteiger partial charge >= 0.3 is 0 Å². The van der Waals surface area contributed by atoms with E-state index in [9.17, 15) is 9.18 Å². The molecule has 2 aromatic rings. The maximum atomic E-state index is 13.4. The Bertz CT molecular complexity index is 690. The number of benzene rings is 1. The summed E-state index contributed by atoms with van der Waals surface area (Å²) < 4.78 is 13.4. The summed E-state index contributed by atoms with van der Waals surface area (Å²) >= 11 is 5.95. The van der Waals surface area contributed by atoms with Gasteiger partial charge in [0.15, 0.2) is 0 Å². The average molecular weight is 305 g/mol. The first kappa shape index (κ1) is 14.0. The number of fused-ring (bicyclic) bond motifs is 1. The van der Waals surface area contributed by atoms with E-state index in [4.69, 9.17) is 11.6 Å². The van der Waals surface area contributed by atoms with Crippen molar-refractivity contribution in [1.82, 2.24) is 4.98 Å². The van der Waals surface area contributed by atoms with E-state index in [-0.39, 0.29) is 16.6 Å². The fourth-order valence-electron chi connectivity index (χ4n) is 2.62. The number of carbonyl (C=O) groups is 1. The van der Waals surface area contributed by atoms with Crippen molar-refractivity contribution in [2.24, 2.45) is 0 Å². The maximum Gasteiger partial charge on any atom is 0.261 e. The SMILES string of the molecule is O=C(c1cc(F)cnc1Cl)N1CCCCc2ccccc21. The van der Waals surface area contributed by atoms with Crippen LogP contribution in [-0.2, 0) is 6.42 Å². The number of aryl methyl sites for hydroxylation is 1. The summed E-state index contributed by atoms with van der Waals surface area (Å²) in [5.41, 5.74) is 2.11. The lowest BCUT2D eigenvalue weighted by molar-refractivity contribution is 0.0986. The summed E-state index contributed by atoms with van der Waals surface area (Å²) in [4.78, 5) is 18.1. The van der Waals surface area contributed by atoms with Gasteiger partial charge in [-0.1, -0.05) is 29.8 Å². The molecule has 5 heteroatoms. The van der Waals surface area contributed by atoms with E-state index in [1.54, 1.807) is 4.90 Å². The molecule has 0 unspecified atom stereocenters. The molecule has 0 atom stereocenters. The number of rotatable bonds is 1. The van der Waals surface area contributed by atoms with Gasteiger partial charge in [0.25, 0.3) is 5.91 Å². The Balaban J connectivity index is 2.03. The molecule has 0 saturated carbocycles. The molecule has 108 valence electrons. The Morgan fingerprint density at radius 1 is 1.29 bits per heavy atom. The lowest BCUT2D eigenvalue weighted by Gasteiger charge is -2.23. The molecule has 1 aliphatic rings. The largest absolute Gasteiger partial charge is 0.308 e. The average Bonchev–Trinajstić information content (AvgIpc) is 2.71. The van der Waals surface area contributed by atoms with Crippen LogP contribution in [-0.4, -0.2) is 17.4 Å². The van der Waals surface area contributed by atoms with Crippen molar-refractivity contribution in [3.63, 3.8) is 0 Å². The second kappa shape index (κ2) is 5.82. The smallest absolute Gasteiger partial charge is 0.261 e. The number of halogens is 2. The Labute approximate surface area is 127 Å². The standard InChI is InChI=1S/C16H14ClFN2O/c17-15-13(9-12(18)10-19-15)16(21)20-8-4-3-6-11-5-1-2-7-14(11)20/h1-2,5,7,9-10H,3-4,6,8H2. The molecule has 0 fully saturated rings. The van der Waals surface area contributed by atoms with Crippen molar-refractivity contribution in [1.29, 1.82) is 0 Å². The predicted octanol–water partition coefficient (Wildman–Crippen LogP) is 3.86. The third kappa shape index (κ3) is 2.76. The van der Waals surface area contributed by atoms with E-state index in [0.29, 0.717) is 6.54 Å². The normalized spacial score (nSPS) is 14.5. The summed E-state index contributed by atoms with van der Waals surface area (Å²) in [5, 5.41) is 0.0307. The van der Waals surface area contributed by atoms with Crippen molar-refractivity contribution in [3.05, 3.63) is 58.6 Å². The van der Waals surface area contributed by atoms with E-state index in [0.717, 1.165) is 42.8 Å². The first-order valence-corrected chi connectivity index (χ1v) is 7.25. The number of hydrogen-bond donors (Lipinski definition) is 0. The van der Waals surface area contributed by atoms with Crippen molar-refractivity contribution in [2.75, 3.05) is 11.4 Å². The maximum absolute atomic E-state index is 13.4. The summed E-state index contributed by atoms with van der Waals surface area (Å²) in [6, 6.07) is 8.94. The van der Waals surface area contributed by atoms with Gasteiger partial charge in [-0.3, -0.25) is 4.79 Å². The second-order valence-electron chi connectivity index (χ2n) is 5.03. The van der Waals surface area contributed by atoms with Crippen LogP contribution in [0.15, 0.2) is 36.5 Å². The fraction of sp³-hybridized carbons (Fsp3) is 0.250. The van der Waals surface area contributed by atoms with Crippen LogP contribution in [0.25, 0.3) is 0 Å². The van der Waals surface area contributed by atoms with Gasteiger partial charge in [-0.2, -0.15) is 0 Å². The Morgan fingerprint density at radius 3 is 2.95 bits per heavy atom. The minimum absolute atomic E-state index is 0.0307. The van der Waals surface area contributed by atoms with Gasteiger partial charge in [-0.15, -0.1) is 0 Å². The molecule has 0 spiro atoms. The number of nitrogens with zero attached hydrogens (tertiary/aromatic N) is 2. The van der Waals surface area contributed by atoms with Gasteiger partial charge < -0.3 is 4.90 Å². The molecule has 1 aliphatic heterocycles. The zero-order valence-corrected chi connectivity index (χ0v) is 12.1. The molecular formula is C16H14ClFN2O. The highest BCUT2D eigenvalue weighted by atomic mass is 35.5. The van der Waals surface area contributed by atoms with Crippen molar-refractivity contribution < 1.29 is 9.18 Å². The van der Waals surface area contributed by atoms with Gasteiger partial charge in [-0.05, 0) is 37.0 Å². The highest BCUT2D eigenvalue weighted by molar-refractivity contribution is 6.33.